The molecule has 0 aliphatic heterocycles. The molecule has 1 aromatic heterocycles. The fraction of sp³-hybridized carbons (Fsp3) is 0.750. The highest BCUT2D eigenvalue weighted by Gasteiger charge is 2.34. The SMILES string of the molecule is CCc1nn(C)c(C(C(C)C)C(C)Cl)c1[N+](=O)[O-]. The number of rotatable bonds is 5. The molecule has 2 atom stereocenters. The van der Waals surface area contributed by atoms with Gasteiger partial charge >= 0.3 is 5.69 Å². The van der Waals surface area contributed by atoms with Gasteiger partial charge in [-0.1, -0.05) is 20.8 Å². The van der Waals surface area contributed by atoms with E-state index in [1.807, 2.05) is 27.7 Å². The molecule has 0 aliphatic rings. The summed E-state index contributed by atoms with van der Waals surface area (Å²) < 4.78 is 1.61. The maximum absolute atomic E-state index is 11.3. The van der Waals surface area contributed by atoms with E-state index in [2.05, 4.69) is 5.10 Å². The van der Waals surface area contributed by atoms with Crippen molar-refractivity contribution >= 4 is 17.3 Å². The van der Waals surface area contributed by atoms with Gasteiger partial charge in [0, 0.05) is 18.3 Å². The van der Waals surface area contributed by atoms with Crippen LogP contribution in [0.2, 0.25) is 0 Å². The van der Waals surface area contributed by atoms with Crippen LogP contribution in [0.25, 0.3) is 0 Å². The quantitative estimate of drug-likeness (QED) is 0.470. The summed E-state index contributed by atoms with van der Waals surface area (Å²) in [5.41, 5.74) is 1.29. The van der Waals surface area contributed by atoms with E-state index in [0.29, 0.717) is 17.8 Å². The molecular formula is C12H20ClN3O2. The number of hydrogen-bond acceptors (Lipinski definition) is 3. The molecule has 0 spiro atoms. The zero-order valence-corrected chi connectivity index (χ0v) is 12.2. The van der Waals surface area contributed by atoms with Gasteiger partial charge in [-0.05, 0) is 19.3 Å². The highest BCUT2D eigenvalue weighted by molar-refractivity contribution is 6.20. The molecule has 0 N–H and O–H groups in total. The molecule has 5 nitrogen and oxygen atoms in total. The van der Waals surface area contributed by atoms with Gasteiger partial charge in [0.15, 0.2) is 0 Å². The zero-order chi connectivity index (χ0) is 14.0. The molecule has 102 valence electrons. The summed E-state index contributed by atoms with van der Waals surface area (Å²) in [5, 5.41) is 15.3. The van der Waals surface area contributed by atoms with Crippen LogP contribution in [0, 0.1) is 16.0 Å². The Kier molecular flexibility index (Phi) is 4.73. The number of nitrogens with zero attached hydrogens (tertiary/aromatic N) is 3. The molecule has 0 bridgehead atoms. The van der Waals surface area contributed by atoms with Gasteiger partial charge in [0.1, 0.15) is 11.4 Å². The van der Waals surface area contributed by atoms with Crippen molar-refractivity contribution in [1.29, 1.82) is 0 Å². The van der Waals surface area contributed by atoms with Gasteiger partial charge in [-0.3, -0.25) is 14.8 Å². The van der Waals surface area contributed by atoms with Crippen LogP contribution < -0.4 is 0 Å². The van der Waals surface area contributed by atoms with Crippen LogP contribution >= 0.6 is 11.6 Å². The van der Waals surface area contributed by atoms with Gasteiger partial charge in [-0.2, -0.15) is 5.10 Å². The molecule has 1 rings (SSSR count). The fourth-order valence-corrected chi connectivity index (χ4v) is 2.87. The summed E-state index contributed by atoms with van der Waals surface area (Å²) in [7, 11) is 1.75. The third kappa shape index (κ3) is 2.66. The van der Waals surface area contributed by atoms with Crippen molar-refractivity contribution in [1.82, 2.24) is 9.78 Å². The third-order valence-electron chi connectivity index (χ3n) is 3.18. The van der Waals surface area contributed by atoms with Crippen molar-refractivity contribution in [2.45, 2.75) is 45.4 Å². The minimum absolute atomic E-state index is 0.0788. The van der Waals surface area contributed by atoms with Crippen molar-refractivity contribution in [3.63, 3.8) is 0 Å². The van der Waals surface area contributed by atoms with Gasteiger partial charge in [0.25, 0.3) is 0 Å². The van der Waals surface area contributed by atoms with E-state index in [0.717, 1.165) is 0 Å². The maximum atomic E-state index is 11.3. The highest BCUT2D eigenvalue weighted by Crippen LogP contribution is 2.38. The third-order valence-corrected chi connectivity index (χ3v) is 3.45. The van der Waals surface area contributed by atoms with Crippen LogP contribution in [0.3, 0.4) is 0 Å². The molecule has 0 saturated heterocycles. The monoisotopic (exact) mass is 273 g/mol. The first kappa shape index (κ1) is 15.0. The largest absolute Gasteiger partial charge is 0.313 e. The van der Waals surface area contributed by atoms with Crippen molar-refractivity contribution in [2.24, 2.45) is 13.0 Å². The second-order valence-electron chi connectivity index (χ2n) is 4.86. The number of halogens is 1. The predicted molar refractivity (Wildman–Crippen MR) is 72.1 cm³/mol. The van der Waals surface area contributed by atoms with Crippen LogP contribution in [0.15, 0.2) is 0 Å². The standard InChI is InChI=1S/C12H20ClN3O2/c1-6-9-11(16(17)18)12(15(5)14-9)10(7(2)3)8(4)13/h7-8,10H,6H2,1-5H3. The van der Waals surface area contributed by atoms with Crippen LogP contribution in [0.5, 0.6) is 0 Å². The molecule has 6 heteroatoms. The number of alkyl halides is 1. The average Bonchev–Trinajstić information content (AvgIpc) is 2.55. The normalized spacial score (nSPS) is 14.8. The van der Waals surface area contributed by atoms with Gasteiger partial charge < -0.3 is 0 Å². The molecule has 2 unspecified atom stereocenters. The number of hydrogen-bond donors (Lipinski definition) is 0. The summed E-state index contributed by atoms with van der Waals surface area (Å²) >= 11 is 6.21. The molecule has 0 fully saturated rings. The van der Waals surface area contributed by atoms with E-state index in [1.165, 1.54) is 0 Å². The summed E-state index contributed by atoms with van der Waals surface area (Å²) in [6, 6.07) is 0. The number of nitro groups is 1. The van der Waals surface area contributed by atoms with Gasteiger partial charge in [-0.25, -0.2) is 0 Å². The minimum atomic E-state index is -0.337. The highest BCUT2D eigenvalue weighted by atomic mass is 35.5. The average molecular weight is 274 g/mol. The Morgan fingerprint density at radius 1 is 1.44 bits per heavy atom. The van der Waals surface area contributed by atoms with E-state index < -0.39 is 0 Å². The van der Waals surface area contributed by atoms with Gasteiger partial charge in [0.2, 0.25) is 0 Å². The lowest BCUT2D eigenvalue weighted by molar-refractivity contribution is -0.386. The van der Waals surface area contributed by atoms with E-state index >= 15 is 0 Å². The van der Waals surface area contributed by atoms with Crippen LogP contribution in [-0.2, 0) is 13.5 Å². The Morgan fingerprint density at radius 2 is 2.00 bits per heavy atom. The second kappa shape index (κ2) is 5.69. The van der Waals surface area contributed by atoms with Crippen molar-refractivity contribution < 1.29 is 4.92 Å². The number of aryl methyl sites for hydroxylation is 2. The molecular weight excluding hydrogens is 254 g/mol. The second-order valence-corrected chi connectivity index (χ2v) is 5.55. The Morgan fingerprint density at radius 3 is 2.33 bits per heavy atom. The first-order chi connectivity index (χ1) is 8.31. The number of aromatic nitrogens is 2. The topological polar surface area (TPSA) is 61.0 Å². The maximum Gasteiger partial charge on any atom is 0.313 e. The molecule has 0 saturated carbocycles. The molecule has 1 heterocycles. The van der Waals surface area contributed by atoms with Crippen molar-refractivity contribution in [3.05, 3.63) is 21.5 Å². The van der Waals surface area contributed by atoms with E-state index in [-0.39, 0.29) is 27.8 Å². The van der Waals surface area contributed by atoms with E-state index in [4.69, 9.17) is 11.6 Å². The Bertz CT molecular complexity index is 433. The molecule has 0 radical (unpaired) electrons. The Balaban J connectivity index is 3.46. The minimum Gasteiger partial charge on any atom is -0.265 e. The van der Waals surface area contributed by atoms with Gasteiger partial charge in [-0.15, -0.1) is 11.6 Å². The Labute approximate surface area is 112 Å². The van der Waals surface area contributed by atoms with E-state index in [9.17, 15) is 10.1 Å². The molecule has 0 aliphatic carbocycles. The first-order valence-electron chi connectivity index (χ1n) is 6.15. The lowest BCUT2D eigenvalue weighted by Crippen LogP contribution is -2.20. The molecule has 18 heavy (non-hydrogen) atoms. The summed E-state index contributed by atoms with van der Waals surface area (Å²) in [5.74, 6) is 0.140. The predicted octanol–water partition coefficient (Wildman–Crippen LogP) is 3.26. The van der Waals surface area contributed by atoms with Crippen LogP contribution in [-0.4, -0.2) is 20.1 Å². The summed E-state index contributed by atoms with van der Waals surface area (Å²) in [6.07, 6.45) is 0.547. The lowest BCUT2D eigenvalue weighted by atomic mass is 9.88. The summed E-state index contributed by atoms with van der Waals surface area (Å²) in [6.45, 7) is 7.78. The molecule has 0 amide bonds. The van der Waals surface area contributed by atoms with Crippen LogP contribution in [0.1, 0.15) is 45.0 Å². The zero-order valence-electron chi connectivity index (χ0n) is 11.5. The molecule has 1 aromatic rings. The van der Waals surface area contributed by atoms with E-state index in [1.54, 1.807) is 11.7 Å². The lowest BCUT2D eigenvalue weighted by Gasteiger charge is -2.22. The van der Waals surface area contributed by atoms with Crippen molar-refractivity contribution in [3.8, 4) is 0 Å². The van der Waals surface area contributed by atoms with Crippen molar-refractivity contribution in [2.75, 3.05) is 0 Å². The summed E-state index contributed by atoms with van der Waals surface area (Å²) in [4.78, 5) is 10.9. The smallest absolute Gasteiger partial charge is 0.265 e. The van der Waals surface area contributed by atoms with Crippen LogP contribution in [0.4, 0.5) is 5.69 Å². The first-order valence-corrected chi connectivity index (χ1v) is 6.59. The Hall–Kier alpha value is -1.10. The van der Waals surface area contributed by atoms with Gasteiger partial charge in [0.05, 0.1) is 4.92 Å². The fourth-order valence-electron chi connectivity index (χ4n) is 2.46. The molecule has 0 aromatic carbocycles.